The van der Waals surface area contributed by atoms with E-state index in [1.54, 1.807) is 7.11 Å². The molecule has 0 aromatic heterocycles. The lowest BCUT2D eigenvalue weighted by Gasteiger charge is -2.39. The third kappa shape index (κ3) is 3.97. The van der Waals surface area contributed by atoms with E-state index < -0.39 is 6.10 Å². The number of esters is 1. The first-order chi connectivity index (χ1) is 10.5. The topological polar surface area (TPSA) is 79.2 Å². The second-order valence-electron chi connectivity index (χ2n) is 5.57. The van der Waals surface area contributed by atoms with Crippen LogP contribution in [0.25, 0.3) is 0 Å². The van der Waals surface area contributed by atoms with Gasteiger partial charge >= 0.3 is 5.97 Å². The van der Waals surface area contributed by atoms with Crippen LogP contribution in [0, 0.1) is 0 Å². The minimum absolute atomic E-state index is 0.162. The van der Waals surface area contributed by atoms with E-state index in [4.69, 9.17) is 4.74 Å². The van der Waals surface area contributed by atoms with Gasteiger partial charge in [0.15, 0.2) is 0 Å². The highest BCUT2D eigenvalue weighted by atomic mass is 16.5. The molecular formula is C16H23NO5. The van der Waals surface area contributed by atoms with Gasteiger partial charge in [-0.25, -0.2) is 0 Å². The standard InChI is InChI=1S/C16H23NO5/c1-21-13-6-3-11(4-7-13)14-10-17(20)12(9-15(14)18)5-8-16(19)22-2/h3-4,6-7,12,14-15,18,20H,5,8-10H2,1-2H3/t12-,14-,15-/m0/s1. The van der Waals surface area contributed by atoms with Crippen LogP contribution < -0.4 is 4.74 Å². The van der Waals surface area contributed by atoms with Crippen molar-refractivity contribution in [1.29, 1.82) is 0 Å². The highest BCUT2D eigenvalue weighted by molar-refractivity contribution is 5.69. The summed E-state index contributed by atoms with van der Waals surface area (Å²) in [6, 6.07) is 7.24. The lowest BCUT2D eigenvalue weighted by molar-refractivity contribution is -0.170. The Balaban J connectivity index is 1.98. The van der Waals surface area contributed by atoms with E-state index in [2.05, 4.69) is 4.74 Å². The monoisotopic (exact) mass is 309 g/mol. The Morgan fingerprint density at radius 1 is 1.32 bits per heavy atom. The van der Waals surface area contributed by atoms with Gasteiger partial charge < -0.3 is 19.8 Å². The molecule has 3 atom stereocenters. The van der Waals surface area contributed by atoms with E-state index in [0.29, 0.717) is 19.4 Å². The van der Waals surface area contributed by atoms with Gasteiger partial charge in [-0.2, -0.15) is 5.06 Å². The number of aliphatic hydroxyl groups excluding tert-OH is 1. The lowest BCUT2D eigenvalue weighted by atomic mass is 9.84. The fraction of sp³-hybridized carbons (Fsp3) is 0.562. The van der Waals surface area contributed by atoms with Crippen molar-refractivity contribution in [1.82, 2.24) is 5.06 Å². The number of rotatable bonds is 5. The van der Waals surface area contributed by atoms with Crippen molar-refractivity contribution in [2.45, 2.75) is 37.3 Å². The largest absolute Gasteiger partial charge is 0.497 e. The summed E-state index contributed by atoms with van der Waals surface area (Å²) in [6.45, 7) is 0.333. The van der Waals surface area contributed by atoms with Crippen LogP contribution in [0.4, 0.5) is 0 Å². The molecule has 2 rings (SSSR count). The third-order valence-electron chi connectivity index (χ3n) is 4.24. The summed E-state index contributed by atoms with van der Waals surface area (Å²) >= 11 is 0. The number of nitrogens with zero attached hydrogens (tertiary/aromatic N) is 1. The molecule has 122 valence electrons. The van der Waals surface area contributed by atoms with Gasteiger partial charge in [0.25, 0.3) is 0 Å². The van der Waals surface area contributed by atoms with E-state index in [9.17, 15) is 15.1 Å². The second-order valence-corrected chi connectivity index (χ2v) is 5.57. The fourth-order valence-corrected chi connectivity index (χ4v) is 2.87. The molecule has 1 heterocycles. The zero-order valence-corrected chi connectivity index (χ0v) is 12.9. The smallest absolute Gasteiger partial charge is 0.305 e. The highest BCUT2D eigenvalue weighted by Gasteiger charge is 2.35. The normalized spacial score (nSPS) is 25.7. The van der Waals surface area contributed by atoms with Crippen LogP contribution in [0.1, 0.15) is 30.7 Å². The molecule has 1 saturated heterocycles. The third-order valence-corrected chi connectivity index (χ3v) is 4.24. The number of hydrogen-bond acceptors (Lipinski definition) is 6. The summed E-state index contributed by atoms with van der Waals surface area (Å²) < 4.78 is 9.72. The molecule has 1 aliphatic rings. The van der Waals surface area contributed by atoms with Crippen LogP contribution in [0.5, 0.6) is 5.75 Å². The molecular weight excluding hydrogens is 286 g/mol. The van der Waals surface area contributed by atoms with Crippen molar-refractivity contribution in [2.24, 2.45) is 0 Å². The Bertz CT molecular complexity index is 490. The molecule has 22 heavy (non-hydrogen) atoms. The number of methoxy groups -OCH3 is 2. The van der Waals surface area contributed by atoms with Gasteiger partial charge in [0.2, 0.25) is 0 Å². The maximum absolute atomic E-state index is 11.2. The van der Waals surface area contributed by atoms with E-state index >= 15 is 0 Å². The molecule has 2 N–H and O–H groups in total. The molecule has 0 unspecified atom stereocenters. The Morgan fingerprint density at radius 3 is 2.59 bits per heavy atom. The molecule has 6 heteroatoms. The maximum Gasteiger partial charge on any atom is 0.305 e. The predicted molar refractivity (Wildman–Crippen MR) is 79.9 cm³/mol. The van der Waals surface area contributed by atoms with Crippen molar-refractivity contribution in [3.8, 4) is 5.75 Å². The lowest BCUT2D eigenvalue weighted by Crippen LogP contribution is -2.47. The summed E-state index contributed by atoms with van der Waals surface area (Å²) in [4.78, 5) is 11.2. The molecule has 0 spiro atoms. The Labute approximate surface area is 130 Å². The number of aliphatic hydroxyl groups is 1. The molecule has 1 aromatic carbocycles. The molecule has 0 bridgehead atoms. The Hall–Kier alpha value is -1.63. The molecule has 1 aromatic rings. The average molecular weight is 309 g/mol. The SMILES string of the molecule is COC(=O)CC[C@H]1C[C@H](O)[C@H](c2ccc(OC)cc2)CN1O. The average Bonchev–Trinajstić information content (AvgIpc) is 2.55. The zero-order valence-electron chi connectivity index (χ0n) is 12.9. The minimum Gasteiger partial charge on any atom is -0.497 e. The van der Waals surface area contributed by atoms with Gasteiger partial charge in [0, 0.05) is 24.9 Å². The predicted octanol–water partition coefficient (Wildman–Crippen LogP) is 1.56. The molecule has 0 saturated carbocycles. The number of carbonyl (C=O) groups is 1. The van der Waals surface area contributed by atoms with E-state index in [0.717, 1.165) is 11.3 Å². The molecule has 0 radical (unpaired) electrons. The van der Waals surface area contributed by atoms with E-state index in [1.165, 1.54) is 12.2 Å². The first kappa shape index (κ1) is 16.7. The van der Waals surface area contributed by atoms with Crippen LogP contribution in [0.2, 0.25) is 0 Å². The summed E-state index contributed by atoms with van der Waals surface area (Å²) in [5.74, 6) is 0.288. The number of hydrogen-bond donors (Lipinski definition) is 2. The van der Waals surface area contributed by atoms with Gasteiger partial charge in [0.05, 0.1) is 20.3 Å². The van der Waals surface area contributed by atoms with Crippen molar-refractivity contribution >= 4 is 5.97 Å². The first-order valence-corrected chi connectivity index (χ1v) is 7.39. The van der Waals surface area contributed by atoms with Crippen molar-refractivity contribution < 1.29 is 24.6 Å². The zero-order chi connectivity index (χ0) is 16.1. The van der Waals surface area contributed by atoms with Gasteiger partial charge in [-0.1, -0.05) is 12.1 Å². The maximum atomic E-state index is 11.2. The highest BCUT2D eigenvalue weighted by Crippen LogP contribution is 2.32. The van der Waals surface area contributed by atoms with E-state index in [1.807, 2.05) is 24.3 Å². The van der Waals surface area contributed by atoms with Crippen molar-refractivity contribution in [3.05, 3.63) is 29.8 Å². The Kier molecular flexibility index (Phi) is 5.76. The molecule has 0 aliphatic carbocycles. The van der Waals surface area contributed by atoms with Crippen LogP contribution in [-0.2, 0) is 9.53 Å². The van der Waals surface area contributed by atoms with Crippen molar-refractivity contribution in [3.63, 3.8) is 0 Å². The number of piperidine rings is 1. The van der Waals surface area contributed by atoms with Crippen molar-refractivity contribution in [2.75, 3.05) is 20.8 Å². The molecule has 0 amide bonds. The van der Waals surface area contributed by atoms with E-state index in [-0.39, 0.29) is 24.3 Å². The van der Waals surface area contributed by atoms with Gasteiger partial charge in [0.1, 0.15) is 5.75 Å². The summed E-state index contributed by atoms with van der Waals surface area (Å²) in [5.41, 5.74) is 0.957. The fourth-order valence-electron chi connectivity index (χ4n) is 2.87. The summed E-state index contributed by atoms with van der Waals surface area (Å²) in [7, 11) is 2.94. The first-order valence-electron chi connectivity index (χ1n) is 7.39. The van der Waals surface area contributed by atoms with Crippen LogP contribution in [-0.4, -0.2) is 54.3 Å². The number of ether oxygens (including phenoxy) is 2. The number of benzene rings is 1. The summed E-state index contributed by atoms with van der Waals surface area (Å²) in [6.07, 6.45) is 0.567. The quantitative estimate of drug-likeness (QED) is 0.804. The van der Waals surface area contributed by atoms with Gasteiger partial charge in [-0.3, -0.25) is 4.79 Å². The second kappa shape index (κ2) is 7.58. The van der Waals surface area contributed by atoms with Crippen LogP contribution in [0.15, 0.2) is 24.3 Å². The van der Waals surface area contributed by atoms with Gasteiger partial charge in [-0.05, 0) is 30.5 Å². The van der Waals surface area contributed by atoms with Gasteiger partial charge in [-0.15, -0.1) is 0 Å². The Morgan fingerprint density at radius 2 is 2.00 bits per heavy atom. The van der Waals surface area contributed by atoms with Crippen LogP contribution in [0.3, 0.4) is 0 Å². The molecule has 1 fully saturated rings. The number of carbonyl (C=O) groups excluding carboxylic acids is 1. The molecule has 6 nitrogen and oxygen atoms in total. The summed E-state index contributed by atoms with van der Waals surface area (Å²) in [5, 5.41) is 21.8. The molecule has 1 aliphatic heterocycles. The minimum atomic E-state index is -0.556. The number of hydroxylamine groups is 2. The van der Waals surface area contributed by atoms with Crippen LogP contribution >= 0.6 is 0 Å².